The van der Waals surface area contributed by atoms with Crippen LogP contribution in [0.4, 0.5) is 0 Å². The summed E-state index contributed by atoms with van der Waals surface area (Å²) in [5.41, 5.74) is 1.95. The van der Waals surface area contributed by atoms with E-state index in [4.69, 9.17) is 0 Å². The van der Waals surface area contributed by atoms with Crippen molar-refractivity contribution in [3.63, 3.8) is 0 Å². The first-order valence-corrected chi connectivity index (χ1v) is 8.98. The van der Waals surface area contributed by atoms with Gasteiger partial charge >= 0.3 is 0 Å². The number of aryl methyl sites for hydroxylation is 1. The van der Waals surface area contributed by atoms with Gasteiger partial charge in [-0.1, -0.05) is 48.0 Å². The summed E-state index contributed by atoms with van der Waals surface area (Å²) in [5.74, 6) is 0. The molecule has 1 aromatic heterocycles. The number of benzene rings is 2. The highest BCUT2D eigenvalue weighted by Crippen LogP contribution is 2.33. The van der Waals surface area contributed by atoms with Gasteiger partial charge in [0.2, 0.25) is 0 Å². The van der Waals surface area contributed by atoms with E-state index in [1.807, 2.05) is 73.0 Å². The minimum atomic E-state index is -1.28. The molecule has 1 N–H and O–H groups in total. The maximum Gasteiger partial charge on any atom is 0.114 e. The van der Waals surface area contributed by atoms with Crippen LogP contribution in [0.25, 0.3) is 0 Å². The third-order valence-electron chi connectivity index (χ3n) is 3.46. The Morgan fingerprint density at radius 2 is 1.68 bits per heavy atom. The Labute approximate surface area is 136 Å². The number of hydrogen-bond donors (Lipinski definition) is 1. The Balaban J connectivity index is 1.95. The van der Waals surface area contributed by atoms with Crippen LogP contribution in [-0.2, 0) is 10.8 Å². The molecule has 2 atom stereocenters. The lowest BCUT2D eigenvalue weighted by molar-refractivity contribution is 0.221. The van der Waals surface area contributed by atoms with Crippen LogP contribution in [0.2, 0.25) is 0 Å². The standard InChI is InChI=1S/C18H16O2S2/c1-13-7-9-15(10-8-13)22(20)16-11-12-21-18(16)17(19)14-5-3-2-4-6-14/h2-12,17,19H,1H3/t17-,22?/m1/s1. The fraction of sp³-hybridized carbons (Fsp3) is 0.111. The summed E-state index contributed by atoms with van der Waals surface area (Å²) in [4.78, 5) is 2.18. The average molecular weight is 328 g/mol. The minimum Gasteiger partial charge on any atom is -0.383 e. The molecule has 0 aliphatic carbocycles. The normalized spacial score (nSPS) is 13.7. The van der Waals surface area contributed by atoms with E-state index < -0.39 is 16.9 Å². The van der Waals surface area contributed by atoms with Crippen molar-refractivity contribution in [2.45, 2.75) is 22.8 Å². The third kappa shape index (κ3) is 3.04. The predicted octanol–water partition coefficient (Wildman–Crippen LogP) is 4.30. The van der Waals surface area contributed by atoms with E-state index in [1.165, 1.54) is 11.3 Å². The van der Waals surface area contributed by atoms with E-state index in [0.717, 1.165) is 20.9 Å². The monoisotopic (exact) mass is 328 g/mol. The molecule has 0 amide bonds. The van der Waals surface area contributed by atoms with Crippen LogP contribution in [0, 0.1) is 6.92 Å². The highest BCUT2D eigenvalue weighted by Gasteiger charge is 2.20. The van der Waals surface area contributed by atoms with E-state index in [1.54, 1.807) is 0 Å². The van der Waals surface area contributed by atoms with E-state index >= 15 is 0 Å². The topological polar surface area (TPSA) is 37.3 Å². The van der Waals surface area contributed by atoms with Gasteiger partial charge in [0.05, 0.1) is 20.6 Å². The summed E-state index contributed by atoms with van der Waals surface area (Å²) < 4.78 is 12.8. The van der Waals surface area contributed by atoms with Crippen molar-refractivity contribution in [3.05, 3.63) is 82.0 Å². The van der Waals surface area contributed by atoms with Crippen molar-refractivity contribution in [2.75, 3.05) is 0 Å². The van der Waals surface area contributed by atoms with E-state index in [9.17, 15) is 9.32 Å². The maximum absolute atomic E-state index is 12.8. The molecule has 0 saturated carbocycles. The molecule has 0 spiro atoms. The Morgan fingerprint density at radius 3 is 2.36 bits per heavy atom. The molecule has 0 bridgehead atoms. The lowest BCUT2D eigenvalue weighted by Gasteiger charge is -2.12. The van der Waals surface area contributed by atoms with Gasteiger partial charge in [-0.15, -0.1) is 11.3 Å². The van der Waals surface area contributed by atoms with Crippen molar-refractivity contribution in [1.29, 1.82) is 0 Å². The number of thiophene rings is 1. The molecule has 0 radical (unpaired) electrons. The number of rotatable bonds is 4. The van der Waals surface area contributed by atoms with Gasteiger partial charge < -0.3 is 5.11 Å². The summed E-state index contributed by atoms with van der Waals surface area (Å²) >= 11 is 1.44. The second-order valence-electron chi connectivity index (χ2n) is 5.04. The highest BCUT2D eigenvalue weighted by molar-refractivity contribution is 7.85. The first-order valence-electron chi connectivity index (χ1n) is 6.95. The van der Waals surface area contributed by atoms with Crippen molar-refractivity contribution >= 4 is 22.1 Å². The predicted molar refractivity (Wildman–Crippen MR) is 90.7 cm³/mol. The lowest BCUT2D eigenvalue weighted by Crippen LogP contribution is -2.02. The average Bonchev–Trinajstić information content (AvgIpc) is 3.04. The second kappa shape index (κ2) is 6.57. The largest absolute Gasteiger partial charge is 0.383 e. The van der Waals surface area contributed by atoms with Gasteiger partial charge in [-0.2, -0.15) is 0 Å². The second-order valence-corrected chi connectivity index (χ2v) is 7.44. The quantitative estimate of drug-likeness (QED) is 0.775. The highest BCUT2D eigenvalue weighted by atomic mass is 32.2. The van der Waals surface area contributed by atoms with E-state index in [0.29, 0.717) is 4.90 Å². The van der Waals surface area contributed by atoms with Crippen molar-refractivity contribution < 1.29 is 9.32 Å². The molecule has 0 aliphatic rings. The van der Waals surface area contributed by atoms with Crippen LogP contribution >= 0.6 is 11.3 Å². The van der Waals surface area contributed by atoms with Crippen LogP contribution in [0.5, 0.6) is 0 Å². The Morgan fingerprint density at radius 1 is 1.00 bits per heavy atom. The SMILES string of the molecule is Cc1ccc(S(=O)c2ccsc2[C@H](O)c2ccccc2)cc1. The maximum atomic E-state index is 12.8. The summed E-state index contributed by atoms with van der Waals surface area (Å²) in [6.45, 7) is 2.00. The zero-order valence-corrected chi connectivity index (χ0v) is 13.7. The Hall–Kier alpha value is -1.75. The molecule has 112 valence electrons. The van der Waals surface area contributed by atoms with Gasteiger partial charge in [-0.3, -0.25) is 0 Å². The molecule has 1 unspecified atom stereocenters. The molecule has 3 rings (SSSR count). The summed E-state index contributed by atoms with van der Waals surface area (Å²) in [5, 5.41) is 12.5. The van der Waals surface area contributed by atoms with Gasteiger partial charge in [-0.05, 0) is 36.1 Å². The molecule has 0 fully saturated rings. The molecule has 3 aromatic rings. The Bertz CT molecular complexity index is 776. The Kier molecular flexibility index (Phi) is 4.52. The molecule has 2 aromatic carbocycles. The molecule has 1 heterocycles. The first kappa shape index (κ1) is 15.2. The van der Waals surface area contributed by atoms with Crippen LogP contribution in [0.1, 0.15) is 22.1 Å². The van der Waals surface area contributed by atoms with Gasteiger partial charge in [0.15, 0.2) is 0 Å². The lowest BCUT2D eigenvalue weighted by atomic mass is 10.1. The fourth-order valence-corrected chi connectivity index (χ4v) is 4.62. The summed E-state index contributed by atoms with van der Waals surface area (Å²) in [6, 6.07) is 18.9. The van der Waals surface area contributed by atoms with Crippen molar-refractivity contribution in [3.8, 4) is 0 Å². The number of hydrogen-bond acceptors (Lipinski definition) is 3. The molecule has 4 heteroatoms. The summed E-state index contributed by atoms with van der Waals surface area (Å²) in [6.07, 6.45) is -0.745. The third-order valence-corrected chi connectivity index (χ3v) is 6.01. The van der Waals surface area contributed by atoms with Crippen LogP contribution in [0.3, 0.4) is 0 Å². The number of aliphatic hydroxyl groups is 1. The number of aliphatic hydroxyl groups excluding tert-OH is 1. The smallest absolute Gasteiger partial charge is 0.114 e. The zero-order chi connectivity index (χ0) is 15.5. The molecule has 22 heavy (non-hydrogen) atoms. The summed E-state index contributed by atoms with van der Waals surface area (Å²) in [7, 11) is -1.28. The van der Waals surface area contributed by atoms with Gasteiger partial charge in [0.1, 0.15) is 6.10 Å². The molecule has 0 aliphatic heterocycles. The zero-order valence-electron chi connectivity index (χ0n) is 12.1. The van der Waals surface area contributed by atoms with E-state index in [-0.39, 0.29) is 0 Å². The first-order chi connectivity index (χ1) is 10.7. The van der Waals surface area contributed by atoms with Crippen LogP contribution in [0.15, 0.2) is 75.8 Å². The molecule has 2 nitrogen and oxygen atoms in total. The molecule has 0 saturated heterocycles. The van der Waals surface area contributed by atoms with Crippen molar-refractivity contribution in [1.82, 2.24) is 0 Å². The van der Waals surface area contributed by atoms with E-state index in [2.05, 4.69) is 0 Å². The van der Waals surface area contributed by atoms with Gasteiger partial charge in [0, 0.05) is 4.90 Å². The fourth-order valence-electron chi connectivity index (χ4n) is 2.24. The van der Waals surface area contributed by atoms with Gasteiger partial charge in [-0.25, -0.2) is 4.21 Å². The van der Waals surface area contributed by atoms with Crippen LogP contribution < -0.4 is 0 Å². The van der Waals surface area contributed by atoms with Crippen LogP contribution in [-0.4, -0.2) is 9.32 Å². The molecular formula is C18H16O2S2. The van der Waals surface area contributed by atoms with Gasteiger partial charge in [0.25, 0.3) is 0 Å². The minimum absolute atomic E-state index is 0.685. The van der Waals surface area contributed by atoms with Crippen molar-refractivity contribution in [2.24, 2.45) is 0 Å². The molecular weight excluding hydrogens is 312 g/mol.